The van der Waals surface area contributed by atoms with Crippen LogP contribution in [0, 0.1) is 5.82 Å². The lowest BCUT2D eigenvalue weighted by molar-refractivity contribution is 0.302. The summed E-state index contributed by atoms with van der Waals surface area (Å²) in [6.07, 6.45) is 5.83. The summed E-state index contributed by atoms with van der Waals surface area (Å²) in [6.45, 7) is 2.42. The summed E-state index contributed by atoms with van der Waals surface area (Å²) in [5.41, 5.74) is 0.819. The quantitative estimate of drug-likeness (QED) is 0.932. The third kappa shape index (κ3) is 3.17. The molecule has 0 amide bonds. The number of halogens is 1. The summed E-state index contributed by atoms with van der Waals surface area (Å²) in [4.78, 5) is 0. The van der Waals surface area contributed by atoms with Gasteiger partial charge in [0.25, 0.3) is 0 Å². The average molecular weight is 275 g/mol. The molecule has 4 nitrogen and oxygen atoms in total. The van der Waals surface area contributed by atoms with E-state index in [-0.39, 0.29) is 5.82 Å². The first kappa shape index (κ1) is 13.1. The largest absolute Gasteiger partial charge is 0.486 e. The zero-order valence-corrected chi connectivity index (χ0v) is 11.3. The van der Waals surface area contributed by atoms with Crippen LogP contribution in [0.4, 0.5) is 4.39 Å². The molecule has 0 spiro atoms. The van der Waals surface area contributed by atoms with E-state index in [1.54, 1.807) is 12.3 Å². The van der Waals surface area contributed by atoms with Crippen molar-refractivity contribution in [3.05, 3.63) is 48.0 Å². The Kier molecular flexibility index (Phi) is 3.97. The zero-order valence-electron chi connectivity index (χ0n) is 11.3. The average Bonchev–Trinajstić information content (AvgIpc) is 2.95. The van der Waals surface area contributed by atoms with Gasteiger partial charge in [0.15, 0.2) is 5.75 Å². The third-order valence-corrected chi connectivity index (χ3v) is 3.56. The molecule has 0 radical (unpaired) electrons. The number of aromatic nitrogens is 2. The molecule has 2 aromatic rings. The first-order valence-electron chi connectivity index (χ1n) is 6.93. The van der Waals surface area contributed by atoms with Crippen LogP contribution in [0.5, 0.6) is 5.75 Å². The number of ether oxygens (including phenoxy) is 1. The number of hydrogen-bond donors (Lipinski definition) is 1. The summed E-state index contributed by atoms with van der Waals surface area (Å²) in [6, 6.07) is 6.89. The summed E-state index contributed by atoms with van der Waals surface area (Å²) < 4.78 is 20.7. The van der Waals surface area contributed by atoms with Crippen molar-refractivity contribution in [2.24, 2.45) is 0 Å². The van der Waals surface area contributed by atoms with Crippen LogP contribution in [0.25, 0.3) is 0 Å². The topological polar surface area (TPSA) is 39.1 Å². The number of nitrogens with one attached hydrogen (secondary N) is 1. The Balaban J connectivity index is 1.59. The van der Waals surface area contributed by atoms with E-state index < -0.39 is 0 Å². The van der Waals surface area contributed by atoms with Gasteiger partial charge in [-0.1, -0.05) is 12.1 Å². The standard InChI is InChI=1S/C15H18FN3O/c16-13-3-1-2-12(8-13)11-20-15-9-18-19(10-15)14-4-6-17-7-5-14/h1-3,8-10,14,17H,4-7,11H2. The molecule has 1 aromatic heterocycles. The van der Waals surface area contributed by atoms with E-state index in [0.29, 0.717) is 12.6 Å². The molecule has 1 fully saturated rings. The van der Waals surface area contributed by atoms with Gasteiger partial charge in [0.05, 0.1) is 18.4 Å². The van der Waals surface area contributed by atoms with Crippen LogP contribution in [0.1, 0.15) is 24.4 Å². The Hall–Kier alpha value is -1.88. The summed E-state index contributed by atoms with van der Waals surface area (Å²) in [7, 11) is 0. The van der Waals surface area contributed by atoms with Gasteiger partial charge < -0.3 is 10.1 Å². The van der Waals surface area contributed by atoms with Gasteiger partial charge in [-0.2, -0.15) is 5.10 Å². The van der Waals surface area contributed by atoms with Gasteiger partial charge in [0, 0.05) is 0 Å². The van der Waals surface area contributed by atoms with Crippen LogP contribution >= 0.6 is 0 Å². The molecular formula is C15H18FN3O. The highest BCUT2D eigenvalue weighted by Crippen LogP contribution is 2.21. The number of hydrogen-bond acceptors (Lipinski definition) is 3. The summed E-state index contributed by atoms with van der Waals surface area (Å²) in [5, 5.41) is 7.69. The fourth-order valence-electron chi connectivity index (χ4n) is 2.46. The molecule has 5 heteroatoms. The van der Waals surface area contributed by atoms with Gasteiger partial charge in [-0.15, -0.1) is 0 Å². The van der Waals surface area contributed by atoms with Crippen molar-refractivity contribution in [3.8, 4) is 5.75 Å². The highest BCUT2D eigenvalue weighted by atomic mass is 19.1. The van der Waals surface area contributed by atoms with E-state index >= 15 is 0 Å². The van der Waals surface area contributed by atoms with Crippen LogP contribution in [0.15, 0.2) is 36.7 Å². The van der Waals surface area contributed by atoms with Gasteiger partial charge in [-0.3, -0.25) is 4.68 Å². The molecule has 20 heavy (non-hydrogen) atoms. The van der Waals surface area contributed by atoms with Crippen molar-refractivity contribution >= 4 is 0 Å². The second-order valence-electron chi connectivity index (χ2n) is 5.06. The van der Waals surface area contributed by atoms with Crippen molar-refractivity contribution in [3.63, 3.8) is 0 Å². The van der Waals surface area contributed by atoms with Crippen molar-refractivity contribution < 1.29 is 9.13 Å². The Morgan fingerprint density at radius 2 is 2.20 bits per heavy atom. The molecule has 3 rings (SSSR count). The van der Waals surface area contributed by atoms with E-state index in [1.807, 2.05) is 16.9 Å². The number of nitrogens with zero attached hydrogens (tertiary/aromatic N) is 2. The Bertz CT molecular complexity index is 564. The fourth-order valence-corrected chi connectivity index (χ4v) is 2.46. The maximum absolute atomic E-state index is 13.1. The van der Waals surface area contributed by atoms with Crippen LogP contribution in [-0.2, 0) is 6.61 Å². The predicted molar refractivity (Wildman–Crippen MR) is 74.1 cm³/mol. The summed E-state index contributed by atoms with van der Waals surface area (Å²) in [5.74, 6) is 0.490. The van der Waals surface area contributed by atoms with Crippen molar-refractivity contribution in [2.75, 3.05) is 13.1 Å². The number of benzene rings is 1. The zero-order chi connectivity index (χ0) is 13.8. The van der Waals surface area contributed by atoms with Gasteiger partial charge in [0.2, 0.25) is 0 Å². The molecule has 1 saturated heterocycles. The SMILES string of the molecule is Fc1cccc(COc2cnn(C3CCNCC3)c2)c1. The normalized spacial score (nSPS) is 16.2. The third-order valence-electron chi connectivity index (χ3n) is 3.56. The van der Waals surface area contributed by atoms with E-state index in [1.165, 1.54) is 12.1 Å². The highest BCUT2D eigenvalue weighted by Gasteiger charge is 2.15. The second kappa shape index (κ2) is 6.05. The second-order valence-corrected chi connectivity index (χ2v) is 5.06. The van der Waals surface area contributed by atoms with E-state index in [9.17, 15) is 4.39 Å². The van der Waals surface area contributed by atoms with Gasteiger partial charge >= 0.3 is 0 Å². The van der Waals surface area contributed by atoms with Crippen LogP contribution in [0.2, 0.25) is 0 Å². The lowest BCUT2D eigenvalue weighted by atomic mass is 10.1. The van der Waals surface area contributed by atoms with Crippen molar-refractivity contribution in [2.45, 2.75) is 25.5 Å². The molecule has 0 saturated carbocycles. The maximum atomic E-state index is 13.1. The predicted octanol–water partition coefficient (Wildman–Crippen LogP) is 2.53. The molecule has 1 aliphatic rings. The minimum atomic E-state index is -0.239. The number of piperidine rings is 1. The van der Waals surface area contributed by atoms with E-state index in [4.69, 9.17) is 4.74 Å². The minimum absolute atomic E-state index is 0.239. The van der Waals surface area contributed by atoms with Crippen molar-refractivity contribution in [1.29, 1.82) is 0 Å². The van der Waals surface area contributed by atoms with Crippen LogP contribution < -0.4 is 10.1 Å². The van der Waals surface area contributed by atoms with Gasteiger partial charge in [-0.05, 0) is 43.6 Å². The Morgan fingerprint density at radius 1 is 1.35 bits per heavy atom. The molecule has 1 aliphatic heterocycles. The smallest absolute Gasteiger partial charge is 0.157 e. The lowest BCUT2D eigenvalue weighted by Gasteiger charge is -2.22. The molecule has 1 N–H and O–H groups in total. The van der Waals surface area contributed by atoms with Gasteiger partial charge in [0.1, 0.15) is 12.4 Å². The van der Waals surface area contributed by atoms with E-state index in [2.05, 4.69) is 10.4 Å². The molecule has 1 aromatic carbocycles. The number of rotatable bonds is 4. The monoisotopic (exact) mass is 275 g/mol. The lowest BCUT2D eigenvalue weighted by Crippen LogP contribution is -2.29. The summed E-state index contributed by atoms with van der Waals surface area (Å²) >= 11 is 0. The Morgan fingerprint density at radius 3 is 3.00 bits per heavy atom. The Labute approximate surface area is 117 Å². The van der Waals surface area contributed by atoms with Crippen LogP contribution in [0.3, 0.4) is 0 Å². The fraction of sp³-hybridized carbons (Fsp3) is 0.400. The van der Waals surface area contributed by atoms with Crippen LogP contribution in [-0.4, -0.2) is 22.9 Å². The molecule has 0 aliphatic carbocycles. The van der Waals surface area contributed by atoms with E-state index in [0.717, 1.165) is 37.2 Å². The highest BCUT2D eigenvalue weighted by molar-refractivity contribution is 5.18. The minimum Gasteiger partial charge on any atom is -0.486 e. The molecule has 0 unspecified atom stereocenters. The molecule has 0 atom stereocenters. The van der Waals surface area contributed by atoms with Gasteiger partial charge in [-0.25, -0.2) is 4.39 Å². The first-order valence-corrected chi connectivity index (χ1v) is 6.93. The maximum Gasteiger partial charge on any atom is 0.157 e. The molecule has 106 valence electrons. The molecule has 0 bridgehead atoms. The first-order chi connectivity index (χ1) is 9.81. The molecular weight excluding hydrogens is 257 g/mol. The molecule has 2 heterocycles. The van der Waals surface area contributed by atoms with Crippen molar-refractivity contribution in [1.82, 2.24) is 15.1 Å².